The van der Waals surface area contributed by atoms with Crippen molar-refractivity contribution in [3.05, 3.63) is 69.8 Å². The molecule has 144 valence electrons. The molecule has 0 saturated carbocycles. The lowest BCUT2D eigenvalue weighted by atomic mass is 9.80. The average Bonchev–Trinajstić information content (AvgIpc) is 2.63. The van der Waals surface area contributed by atoms with E-state index in [0.29, 0.717) is 5.92 Å². The second-order valence-electron chi connectivity index (χ2n) is 7.76. The van der Waals surface area contributed by atoms with Gasteiger partial charge in [0.15, 0.2) is 0 Å². The highest BCUT2D eigenvalue weighted by atomic mass is 35.5. The highest BCUT2D eigenvalue weighted by Gasteiger charge is 2.20. The maximum atomic E-state index is 6.20. The van der Waals surface area contributed by atoms with Crippen molar-refractivity contribution in [1.82, 2.24) is 0 Å². The second-order valence-corrected chi connectivity index (χ2v) is 9.94. The van der Waals surface area contributed by atoms with E-state index in [0.717, 1.165) is 37.3 Å². The van der Waals surface area contributed by atoms with Gasteiger partial charge in [-0.3, -0.25) is 0 Å². The zero-order valence-corrected chi connectivity index (χ0v) is 18.1. The second kappa shape index (κ2) is 9.23. The van der Waals surface area contributed by atoms with E-state index in [-0.39, 0.29) is 10.5 Å². The van der Waals surface area contributed by atoms with Crippen molar-refractivity contribution in [3.8, 4) is 0 Å². The monoisotopic (exact) mass is 400 g/mol. The number of fused-ring (bicyclic) bond motifs is 1. The van der Waals surface area contributed by atoms with Gasteiger partial charge in [0.2, 0.25) is 0 Å². The van der Waals surface area contributed by atoms with Crippen LogP contribution in [0.3, 0.4) is 0 Å². The average molecular weight is 401 g/mol. The first kappa shape index (κ1) is 20.4. The Labute approximate surface area is 171 Å². The summed E-state index contributed by atoms with van der Waals surface area (Å²) < 4.78 is 0. The fourth-order valence-electron chi connectivity index (χ4n) is 4.22. The Morgan fingerprint density at radius 1 is 1.22 bits per heavy atom. The minimum Gasteiger partial charge on any atom is -0.357 e. The van der Waals surface area contributed by atoms with Crippen LogP contribution in [0.15, 0.2) is 52.9 Å². The molecule has 0 spiro atoms. The minimum atomic E-state index is 0.0464. The molecule has 1 nitrogen and oxygen atoms in total. The smallest absolute Gasteiger partial charge is 0.0781 e. The fourth-order valence-corrected chi connectivity index (χ4v) is 5.05. The van der Waals surface area contributed by atoms with Crippen LogP contribution in [0.5, 0.6) is 0 Å². The molecule has 0 heterocycles. The van der Waals surface area contributed by atoms with Gasteiger partial charge in [0.1, 0.15) is 0 Å². The molecule has 1 aliphatic rings. The van der Waals surface area contributed by atoms with Gasteiger partial charge in [0.05, 0.1) is 6.54 Å². The Morgan fingerprint density at radius 3 is 2.74 bits per heavy atom. The quantitative estimate of drug-likeness (QED) is 0.630. The number of quaternary nitrogens is 1. The molecule has 0 radical (unpaired) electrons. The van der Waals surface area contributed by atoms with Gasteiger partial charge in [0.25, 0.3) is 0 Å². The van der Waals surface area contributed by atoms with Gasteiger partial charge in [0, 0.05) is 16.3 Å². The largest absolute Gasteiger partial charge is 0.357 e. The van der Waals surface area contributed by atoms with Crippen LogP contribution in [-0.2, 0) is 12.8 Å². The van der Waals surface area contributed by atoms with Crippen LogP contribution < -0.4 is 5.73 Å². The number of benzene rings is 2. The SMILES string of the molecule is C=S(C)c1ccc2c(c1)C(CC[NH3+])=C(C)CC(Cc1cccc(Cl)c1)CC2. The normalized spacial score (nSPS) is 18.6. The molecule has 2 atom stereocenters. The molecule has 0 aliphatic heterocycles. The summed E-state index contributed by atoms with van der Waals surface area (Å²) in [6.45, 7) is 3.27. The van der Waals surface area contributed by atoms with Crippen LogP contribution in [0, 0.1) is 5.92 Å². The number of hydrogen-bond donors (Lipinski definition) is 1. The molecule has 2 unspecified atom stereocenters. The third-order valence-corrected chi connectivity index (χ3v) is 6.87. The molecule has 2 aromatic rings. The predicted molar refractivity (Wildman–Crippen MR) is 122 cm³/mol. The van der Waals surface area contributed by atoms with Gasteiger partial charge in [-0.1, -0.05) is 41.2 Å². The molecule has 0 saturated heterocycles. The first-order valence-electron chi connectivity index (χ1n) is 9.79. The number of rotatable bonds is 5. The molecule has 0 amide bonds. The van der Waals surface area contributed by atoms with Crippen molar-refractivity contribution in [2.24, 2.45) is 5.92 Å². The first-order chi connectivity index (χ1) is 13.0. The molecule has 1 aliphatic carbocycles. The molecule has 3 rings (SSSR count). The Balaban J connectivity index is 1.94. The van der Waals surface area contributed by atoms with Crippen molar-refractivity contribution in [2.75, 3.05) is 12.8 Å². The van der Waals surface area contributed by atoms with Gasteiger partial charge in [-0.15, -0.1) is 0 Å². The molecule has 0 aromatic heterocycles. The van der Waals surface area contributed by atoms with Crippen molar-refractivity contribution < 1.29 is 5.73 Å². The third kappa shape index (κ3) is 5.13. The summed E-state index contributed by atoms with van der Waals surface area (Å²) in [6.07, 6.45) is 7.87. The van der Waals surface area contributed by atoms with Gasteiger partial charge in [-0.2, -0.15) is 10.5 Å². The zero-order valence-electron chi connectivity index (χ0n) is 16.6. The topological polar surface area (TPSA) is 27.6 Å². The van der Waals surface area contributed by atoms with Crippen LogP contribution in [0.25, 0.3) is 5.57 Å². The van der Waals surface area contributed by atoms with Crippen LogP contribution in [0.2, 0.25) is 5.02 Å². The van der Waals surface area contributed by atoms with E-state index in [1.807, 2.05) is 6.07 Å². The molecule has 0 bridgehead atoms. The molecule has 2 aromatic carbocycles. The Kier molecular flexibility index (Phi) is 6.97. The van der Waals surface area contributed by atoms with E-state index >= 15 is 0 Å². The summed E-state index contributed by atoms with van der Waals surface area (Å²) in [7, 11) is 0.0464. The van der Waals surface area contributed by atoms with Crippen LogP contribution in [0.4, 0.5) is 0 Å². The van der Waals surface area contributed by atoms with Gasteiger partial charge in [-0.25, -0.2) is 0 Å². The summed E-state index contributed by atoms with van der Waals surface area (Å²) in [6, 6.07) is 15.4. The highest BCUT2D eigenvalue weighted by Crippen LogP contribution is 2.37. The minimum absolute atomic E-state index is 0.0464. The number of aryl methyl sites for hydroxylation is 1. The van der Waals surface area contributed by atoms with Crippen LogP contribution >= 0.6 is 22.1 Å². The van der Waals surface area contributed by atoms with Gasteiger partial charge >= 0.3 is 0 Å². The fraction of sp³-hybridized carbons (Fsp3) is 0.375. The van der Waals surface area contributed by atoms with Crippen molar-refractivity contribution in [3.63, 3.8) is 0 Å². The number of hydrogen-bond acceptors (Lipinski definition) is 0. The maximum Gasteiger partial charge on any atom is 0.0781 e. The summed E-state index contributed by atoms with van der Waals surface area (Å²) in [5.74, 6) is 4.90. The van der Waals surface area contributed by atoms with Crippen LogP contribution in [0.1, 0.15) is 42.9 Å². The molecular formula is C24H31ClNS+. The molecule has 3 heteroatoms. The van der Waals surface area contributed by atoms with Gasteiger partial charge < -0.3 is 5.73 Å². The van der Waals surface area contributed by atoms with Crippen molar-refractivity contribution in [1.29, 1.82) is 0 Å². The molecule has 0 fully saturated rings. The Hall–Kier alpha value is -1.35. The van der Waals surface area contributed by atoms with E-state index in [2.05, 4.69) is 61.2 Å². The number of allylic oxidation sites excluding steroid dienone is 1. The molecule has 3 N–H and O–H groups in total. The van der Waals surface area contributed by atoms with E-state index in [4.69, 9.17) is 11.6 Å². The molecule has 27 heavy (non-hydrogen) atoms. The lowest BCUT2D eigenvalue weighted by molar-refractivity contribution is -0.365. The lowest BCUT2D eigenvalue weighted by Crippen LogP contribution is -2.50. The maximum absolute atomic E-state index is 6.20. The van der Waals surface area contributed by atoms with E-state index in [1.54, 1.807) is 0 Å². The summed E-state index contributed by atoms with van der Waals surface area (Å²) in [5, 5.41) is 0.837. The third-order valence-electron chi connectivity index (χ3n) is 5.58. The highest BCUT2D eigenvalue weighted by molar-refractivity contribution is 8.13. The van der Waals surface area contributed by atoms with E-state index < -0.39 is 0 Å². The standard InChI is InChI=1S/C24H30ClNS/c1-17-13-19(14-18-5-4-6-21(25)15-18)7-8-20-9-10-22(27(2)3)16-24(20)23(17)11-12-26/h4-6,9-10,15-16,19H,2,7-8,11-14,26H2,1,3H3/p+1. The van der Waals surface area contributed by atoms with Gasteiger partial charge in [-0.05, 0) is 91.3 Å². The summed E-state index contributed by atoms with van der Waals surface area (Å²) in [5.41, 5.74) is 11.5. The van der Waals surface area contributed by atoms with Crippen molar-refractivity contribution in [2.45, 2.75) is 43.9 Å². The van der Waals surface area contributed by atoms with E-state index in [1.165, 1.54) is 39.2 Å². The summed E-state index contributed by atoms with van der Waals surface area (Å²) in [4.78, 5) is 1.36. The molecular weight excluding hydrogens is 370 g/mol. The van der Waals surface area contributed by atoms with Crippen molar-refractivity contribution >= 4 is 33.5 Å². The van der Waals surface area contributed by atoms with Crippen LogP contribution in [-0.4, -0.2) is 18.7 Å². The lowest BCUT2D eigenvalue weighted by Gasteiger charge is -2.25. The predicted octanol–water partition coefficient (Wildman–Crippen LogP) is 5.63. The number of halogens is 1. The Morgan fingerprint density at radius 2 is 2.04 bits per heavy atom. The zero-order chi connectivity index (χ0) is 19.4. The van der Waals surface area contributed by atoms with E-state index in [9.17, 15) is 0 Å². The Bertz CT molecular complexity index is 868. The summed E-state index contributed by atoms with van der Waals surface area (Å²) >= 11 is 6.20. The first-order valence-corrected chi connectivity index (χ1v) is 12.0.